The zero-order valence-electron chi connectivity index (χ0n) is 8.09. The zero-order valence-corrected chi connectivity index (χ0v) is 11.3. The Balaban J connectivity index is 2.87. The fraction of sp³-hybridized carbons (Fsp3) is 0.400. The molecule has 78 valence electrons. The van der Waals surface area contributed by atoms with Crippen LogP contribution in [0.1, 0.15) is 12.5 Å². The molecule has 0 aromatic heterocycles. The van der Waals surface area contributed by atoms with E-state index in [2.05, 4.69) is 31.9 Å². The highest BCUT2D eigenvalue weighted by molar-refractivity contribution is 9.10. The quantitative estimate of drug-likeness (QED) is 0.621. The molecule has 1 atom stereocenters. The summed E-state index contributed by atoms with van der Waals surface area (Å²) >= 11 is 6.81. The predicted octanol–water partition coefficient (Wildman–Crippen LogP) is 3.72. The van der Waals surface area contributed by atoms with Crippen LogP contribution in [-0.2, 0) is 10.1 Å². The summed E-state index contributed by atoms with van der Waals surface area (Å²) in [5.74, 6) is 0.839. The molecule has 0 saturated carbocycles. The Morgan fingerprint density at radius 1 is 1.43 bits per heavy atom. The molecule has 0 radical (unpaired) electrons. The van der Waals surface area contributed by atoms with E-state index in [1.807, 2.05) is 25.1 Å². The van der Waals surface area contributed by atoms with Crippen molar-refractivity contribution in [2.24, 2.45) is 0 Å². The summed E-state index contributed by atoms with van der Waals surface area (Å²) in [6.07, 6.45) is -0.234. The average molecular weight is 324 g/mol. The van der Waals surface area contributed by atoms with Crippen molar-refractivity contribution in [1.82, 2.24) is 0 Å². The maximum Gasteiger partial charge on any atom is 0.196 e. The lowest BCUT2D eigenvalue weighted by Gasteiger charge is -2.15. The third-order valence-corrected chi connectivity index (χ3v) is 2.90. The monoisotopic (exact) mass is 322 g/mol. The van der Waals surface area contributed by atoms with Crippen LogP contribution in [0, 0.1) is 0 Å². The number of methoxy groups -OCH3 is 1. The van der Waals surface area contributed by atoms with Crippen molar-refractivity contribution in [2.45, 2.75) is 18.5 Å². The van der Waals surface area contributed by atoms with Crippen LogP contribution in [0.4, 0.5) is 0 Å². The van der Waals surface area contributed by atoms with Crippen molar-refractivity contribution in [3.63, 3.8) is 0 Å². The molecule has 1 aromatic carbocycles. The first-order valence-corrected chi connectivity index (χ1v) is 6.12. The van der Waals surface area contributed by atoms with Gasteiger partial charge in [-0.1, -0.05) is 37.9 Å². The Morgan fingerprint density at radius 2 is 2.14 bits per heavy atom. The van der Waals surface area contributed by atoms with E-state index in [1.54, 1.807) is 7.11 Å². The van der Waals surface area contributed by atoms with Crippen molar-refractivity contribution in [3.8, 4) is 5.75 Å². The maximum atomic E-state index is 5.58. The molecular formula is C10H12Br2O2. The van der Waals surface area contributed by atoms with Crippen molar-refractivity contribution >= 4 is 31.9 Å². The Labute approximate surface area is 101 Å². The molecule has 0 bridgehead atoms. The van der Waals surface area contributed by atoms with Gasteiger partial charge in [0, 0.05) is 22.5 Å². The first kappa shape index (κ1) is 12.0. The molecule has 2 nitrogen and oxygen atoms in total. The Bertz CT molecular complexity index is 302. The van der Waals surface area contributed by atoms with E-state index in [9.17, 15) is 0 Å². The van der Waals surface area contributed by atoms with Crippen molar-refractivity contribution in [2.75, 3.05) is 7.11 Å². The fourth-order valence-corrected chi connectivity index (χ4v) is 1.78. The number of benzene rings is 1. The third kappa shape index (κ3) is 3.26. The summed E-state index contributed by atoms with van der Waals surface area (Å²) in [7, 11) is 1.62. The Hall–Kier alpha value is -0.0600. The number of hydrogen-bond donors (Lipinski definition) is 0. The second kappa shape index (κ2) is 5.73. The highest BCUT2D eigenvalue weighted by Crippen LogP contribution is 2.26. The topological polar surface area (TPSA) is 18.5 Å². The zero-order chi connectivity index (χ0) is 10.6. The van der Waals surface area contributed by atoms with Gasteiger partial charge >= 0.3 is 0 Å². The minimum atomic E-state index is -0.234. The molecular weight excluding hydrogens is 312 g/mol. The van der Waals surface area contributed by atoms with Crippen LogP contribution in [0.5, 0.6) is 5.75 Å². The van der Waals surface area contributed by atoms with Gasteiger partial charge in [0.25, 0.3) is 0 Å². The largest absolute Gasteiger partial charge is 0.465 e. The normalized spacial score (nSPS) is 12.6. The molecule has 0 amide bonds. The van der Waals surface area contributed by atoms with Crippen molar-refractivity contribution in [3.05, 3.63) is 28.2 Å². The molecule has 0 N–H and O–H groups in total. The smallest absolute Gasteiger partial charge is 0.196 e. The molecule has 1 unspecified atom stereocenters. The first-order valence-electron chi connectivity index (χ1n) is 4.21. The summed E-state index contributed by atoms with van der Waals surface area (Å²) in [5.41, 5.74) is 1.11. The van der Waals surface area contributed by atoms with E-state index in [4.69, 9.17) is 9.47 Å². The second-order valence-electron chi connectivity index (χ2n) is 2.81. The summed E-state index contributed by atoms with van der Waals surface area (Å²) < 4.78 is 11.6. The minimum Gasteiger partial charge on any atom is -0.465 e. The second-order valence-corrected chi connectivity index (χ2v) is 4.28. The van der Waals surface area contributed by atoms with E-state index in [-0.39, 0.29) is 6.29 Å². The van der Waals surface area contributed by atoms with Crippen LogP contribution in [0.3, 0.4) is 0 Å². The Morgan fingerprint density at radius 3 is 2.71 bits per heavy atom. The lowest BCUT2D eigenvalue weighted by molar-refractivity contribution is -0.0387. The van der Waals surface area contributed by atoms with Gasteiger partial charge in [0.2, 0.25) is 0 Å². The predicted molar refractivity (Wildman–Crippen MR) is 63.9 cm³/mol. The summed E-state index contributed by atoms with van der Waals surface area (Å²) in [6.45, 7) is 1.86. The molecule has 14 heavy (non-hydrogen) atoms. The maximum absolute atomic E-state index is 5.58. The molecule has 4 heteroatoms. The molecule has 0 saturated heterocycles. The molecule has 0 aliphatic carbocycles. The summed E-state index contributed by atoms with van der Waals surface area (Å²) in [4.78, 5) is 0. The molecule has 0 aliphatic heterocycles. The van der Waals surface area contributed by atoms with Crippen LogP contribution in [0.15, 0.2) is 22.7 Å². The molecule has 1 rings (SSSR count). The lowest BCUT2D eigenvalue weighted by Crippen LogP contribution is -2.14. The number of rotatable bonds is 4. The molecule has 0 fully saturated rings. The van der Waals surface area contributed by atoms with Gasteiger partial charge in [0.15, 0.2) is 6.29 Å². The van der Waals surface area contributed by atoms with E-state index < -0.39 is 0 Å². The SMILES string of the molecule is COC(C)Oc1cc(Br)ccc1CBr. The summed E-state index contributed by atoms with van der Waals surface area (Å²) in [5, 5.41) is 0.770. The standard InChI is InChI=1S/C10H12Br2O2/c1-7(13-2)14-10-5-9(12)4-3-8(10)6-11/h3-5,7H,6H2,1-2H3. The first-order chi connectivity index (χ1) is 6.67. The van der Waals surface area contributed by atoms with Gasteiger partial charge in [-0.2, -0.15) is 0 Å². The van der Waals surface area contributed by atoms with Gasteiger partial charge in [-0.15, -0.1) is 0 Å². The number of alkyl halides is 1. The highest BCUT2D eigenvalue weighted by Gasteiger charge is 2.07. The average Bonchev–Trinajstić information content (AvgIpc) is 2.18. The van der Waals surface area contributed by atoms with E-state index in [0.717, 1.165) is 21.1 Å². The third-order valence-electron chi connectivity index (χ3n) is 1.80. The molecule has 0 spiro atoms. The van der Waals surface area contributed by atoms with E-state index in [1.165, 1.54) is 0 Å². The number of ether oxygens (including phenoxy) is 2. The number of hydrogen-bond acceptors (Lipinski definition) is 2. The molecule has 0 heterocycles. The van der Waals surface area contributed by atoms with Crippen LogP contribution in [-0.4, -0.2) is 13.4 Å². The fourth-order valence-electron chi connectivity index (χ4n) is 0.975. The van der Waals surface area contributed by atoms with Crippen LogP contribution < -0.4 is 4.74 Å². The molecule has 0 aliphatic rings. The van der Waals surface area contributed by atoms with Gasteiger partial charge in [-0.3, -0.25) is 0 Å². The van der Waals surface area contributed by atoms with E-state index in [0.29, 0.717) is 0 Å². The van der Waals surface area contributed by atoms with Crippen LogP contribution in [0.2, 0.25) is 0 Å². The number of halogens is 2. The van der Waals surface area contributed by atoms with Gasteiger partial charge in [0.05, 0.1) is 0 Å². The van der Waals surface area contributed by atoms with E-state index >= 15 is 0 Å². The van der Waals surface area contributed by atoms with Gasteiger partial charge in [-0.25, -0.2) is 0 Å². The summed E-state index contributed by atoms with van der Waals surface area (Å²) in [6, 6.07) is 5.93. The molecule has 1 aromatic rings. The van der Waals surface area contributed by atoms with Crippen molar-refractivity contribution in [1.29, 1.82) is 0 Å². The van der Waals surface area contributed by atoms with Gasteiger partial charge < -0.3 is 9.47 Å². The van der Waals surface area contributed by atoms with Gasteiger partial charge in [-0.05, 0) is 19.1 Å². The van der Waals surface area contributed by atoms with Crippen molar-refractivity contribution < 1.29 is 9.47 Å². The van der Waals surface area contributed by atoms with Gasteiger partial charge in [0.1, 0.15) is 5.75 Å². The highest BCUT2D eigenvalue weighted by atomic mass is 79.9. The Kier molecular flexibility index (Phi) is 4.92. The van der Waals surface area contributed by atoms with Crippen LogP contribution >= 0.6 is 31.9 Å². The van der Waals surface area contributed by atoms with Crippen LogP contribution in [0.25, 0.3) is 0 Å². The lowest BCUT2D eigenvalue weighted by atomic mass is 10.2. The minimum absolute atomic E-state index is 0.234.